The van der Waals surface area contributed by atoms with Crippen molar-refractivity contribution < 1.29 is 14.6 Å². The number of aliphatic carboxylic acids is 1. The first-order chi connectivity index (χ1) is 8.69. The highest BCUT2D eigenvalue weighted by Crippen LogP contribution is 2.30. The smallest absolute Gasteiger partial charge is 0.312 e. The van der Waals surface area contributed by atoms with Gasteiger partial charge in [-0.2, -0.15) is 0 Å². The summed E-state index contributed by atoms with van der Waals surface area (Å²) in [4.78, 5) is 15.4. The molecular weight excluding hydrogens is 232 g/mol. The van der Waals surface area contributed by atoms with Crippen LogP contribution in [0.3, 0.4) is 0 Å². The SMILES string of the molecule is COc1ccc(C(CN)C(=O)O)c2cccnc12. The van der Waals surface area contributed by atoms with Gasteiger partial charge in [0, 0.05) is 18.1 Å². The number of pyridine rings is 1. The minimum atomic E-state index is -0.937. The number of carboxylic acids is 1. The Balaban J connectivity index is 2.69. The molecular formula is C13H14N2O3. The number of nitrogens with two attached hydrogens (primary N) is 1. The van der Waals surface area contributed by atoms with Crippen molar-refractivity contribution in [3.05, 3.63) is 36.0 Å². The lowest BCUT2D eigenvalue weighted by Crippen LogP contribution is -2.21. The third kappa shape index (κ3) is 2.00. The summed E-state index contributed by atoms with van der Waals surface area (Å²) < 4.78 is 5.22. The molecule has 2 aromatic rings. The molecule has 0 aliphatic rings. The number of nitrogens with zero attached hydrogens (tertiary/aromatic N) is 1. The van der Waals surface area contributed by atoms with Crippen molar-refractivity contribution >= 4 is 16.9 Å². The van der Waals surface area contributed by atoms with E-state index in [-0.39, 0.29) is 6.54 Å². The summed E-state index contributed by atoms with van der Waals surface area (Å²) in [7, 11) is 1.56. The molecule has 18 heavy (non-hydrogen) atoms. The second-order valence-corrected chi connectivity index (χ2v) is 3.88. The number of carboxylic acid groups (broad SMARTS) is 1. The highest BCUT2D eigenvalue weighted by molar-refractivity contribution is 5.92. The van der Waals surface area contributed by atoms with Crippen LogP contribution in [0, 0.1) is 0 Å². The van der Waals surface area contributed by atoms with Crippen LogP contribution >= 0.6 is 0 Å². The van der Waals surface area contributed by atoms with Gasteiger partial charge in [-0.05, 0) is 17.7 Å². The Kier molecular flexibility index (Phi) is 3.43. The summed E-state index contributed by atoms with van der Waals surface area (Å²) in [5.41, 5.74) is 6.85. The van der Waals surface area contributed by atoms with Crippen molar-refractivity contribution in [3.8, 4) is 5.75 Å². The normalized spacial score (nSPS) is 12.3. The molecule has 0 saturated heterocycles. The van der Waals surface area contributed by atoms with Crippen molar-refractivity contribution in [2.45, 2.75) is 5.92 Å². The Bertz CT molecular complexity index is 583. The van der Waals surface area contributed by atoms with E-state index in [0.29, 0.717) is 16.8 Å². The number of aromatic nitrogens is 1. The summed E-state index contributed by atoms with van der Waals surface area (Å²) in [5, 5.41) is 9.94. The Labute approximate surface area is 104 Å². The van der Waals surface area contributed by atoms with Crippen LogP contribution in [0.25, 0.3) is 10.9 Å². The van der Waals surface area contributed by atoms with Gasteiger partial charge in [-0.3, -0.25) is 9.78 Å². The molecule has 0 aliphatic heterocycles. The molecule has 0 amide bonds. The first-order valence-corrected chi connectivity index (χ1v) is 5.53. The fraction of sp³-hybridized carbons (Fsp3) is 0.231. The summed E-state index contributed by atoms with van der Waals surface area (Å²) in [6.07, 6.45) is 1.65. The second-order valence-electron chi connectivity index (χ2n) is 3.88. The Hall–Kier alpha value is -2.14. The average Bonchev–Trinajstić information content (AvgIpc) is 2.39. The fourth-order valence-corrected chi connectivity index (χ4v) is 2.00. The van der Waals surface area contributed by atoms with Crippen molar-refractivity contribution in [1.29, 1.82) is 0 Å². The van der Waals surface area contributed by atoms with Crippen molar-refractivity contribution in [1.82, 2.24) is 4.98 Å². The first-order valence-electron chi connectivity index (χ1n) is 5.53. The molecule has 3 N–H and O–H groups in total. The summed E-state index contributed by atoms with van der Waals surface area (Å²) in [6, 6.07) is 7.04. The van der Waals surface area contributed by atoms with Crippen LogP contribution in [0.2, 0.25) is 0 Å². The largest absolute Gasteiger partial charge is 0.494 e. The number of benzene rings is 1. The van der Waals surface area contributed by atoms with Gasteiger partial charge in [0.2, 0.25) is 0 Å². The maximum Gasteiger partial charge on any atom is 0.312 e. The topological polar surface area (TPSA) is 85.4 Å². The maximum atomic E-state index is 11.2. The van der Waals surface area contributed by atoms with Gasteiger partial charge in [-0.15, -0.1) is 0 Å². The zero-order valence-corrected chi connectivity index (χ0v) is 9.96. The number of hydrogen-bond donors (Lipinski definition) is 2. The number of methoxy groups -OCH3 is 1. The van der Waals surface area contributed by atoms with Gasteiger partial charge < -0.3 is 15.6 Å². The monoisotopic (exact) mass is 246 g/mol. The van der Waals surface area contributed by atoms with E-state index in [1.165, 1.54) is 0 Å². The number of carbonyl (C=O) groups is 1. The Morgan fingerprint density at radius 3 is 2.89 bits per heavy atom. The molecule has 2 rings (SSSR count). The lowest BCUT2D eigenvalue weighted by molar-refractivity contribution is -0.138. The molecule has 1 unspecified atom stereocenters. The molecule has 5 nitrogen and oxygen atoms in total. The van der Waals surface area contributed by atoms with Crippen LogP contribution in [-0.4, -0.2) is 29.7 Å². The van der Waals surface area contributed by atoms with Gasteiger partial charge in [0.05, 0.1) is 13.0 Å². The number of hydrogen-bond acceptors (Lipinski definition) is 4. The van der Waals surface area contributed by atoms with Gasteiger partial charge >= 0.3 is 5.97 Å². The van der Waals surface area contributed by atoms with Gasteiger partial charge in [-0.1, -0.05) is 12.1 Å². The third-order valence-corrected chi connectivity index (χ3v) is 2.90. The van der Waals surface area contributed by atoms with Crippen molar-refractivity contribution in [2.24, 2.45) is 5.73 Å². The van der Waals surface area contributed by atoms with Crippen molar-refractivity contribution in [2.75, 3.05) is 13.7 Å². The molecule has 0 radical (unpaired) electrons. The molecule has 1 atom stereocenters. The molecule has 1 aromatic heterocycles. The number of fused-ring (bicyclic) bond motifs is 1. The predicted octanol–water partition coefficient (Wildman–Crippen LogP) is 1.37. The zero-order chi connectivity index (χ0) is 13.1. The van der Waals surface area contributed by atoms with Gasteiger partial charge in [0.15, 0.2) is 0 Å². The van der Waals surface area contributed by atoms with E-state index in [0.717, 1.165) is 5.39 Å². The minimum Gasteiger partial charge on any atom is -0.494 e. The van der Waals surface area contributed by atoms with E-state index in [9.17, 15) is 9.90 Å². The van der Waals surface area contributed by atoms with E-state index >= 15 is 0 Å². The third-order valence-electron chi connectivity index (χ3n) is 2.90. The Morgan fingerprint density at radius 2 is 2.28 bits per heavy atom. The second kappa shape index (κ2) is 5.01. The van der Waals surface area contributed by atoms with Crippen LogP contribution < -0.4 is 10.5 Å². The van der Waals surface area contributed by atoms with Crippen LogP contribution in [0.5, 0.6) is 5.75 Å². The maximum absolute atomic E-state index is 11.2. The molecule has 5 heteroatoms. The molecule has 0 saturated carbocycles. The van der Waals surface area contributed by atoms with Crippen molar-refractivity contribution in [3.63, 3.8) is 0 Å². The quantitative estimate of drug-likeness (QED) is 0.851. The minimum absolute atomic E-state index is 0.0473. The molecule has 1 aromatic carbocycles. The first kappa shape index (κ1) is 12.3. The predicted molar refractivity (Wildman–Crippen MR) is 67.7 cm³/mol. The summed E-state index contributed by atoms with van der Waals surface area (Å²) in [6.45, 7) is 0.0473. The lowest BCUT2D eigenvalue weighted by Gasteiger charge is -2.14. The van der Waals surface area contributed by atoms with E-state index in [2.05, 4.69) is 4.98 Å². The van der Waals surface area contributed by atoms with Gasteiger partial charge in [-0.25, -0.2) is 0 Å². The van der Waals surface area contributed by atoms with Gasteiger partial charge in [0.1, 0.15) is 11.3 Å². The number of rotatable bonds is 4. The highest BCUT2D eigenvalue weighted by atomic mass is 16.5. The van der Waals surface area contributed by atoms with E-state index < -0.39 is 11.9 Å². The molecule has 94 valence electrons. The fourth-order valence-electron chi connectivity index (χ4n) is 2.00. The number of ether oxygens (including phenoxy) is 1. The highest BCUT2D eigenvalue weighted by Gasteiger charge is 2.21. The van der Waals surface area contributed by atoms with Gasteiger partial charge in [0.25, 0.3) is 0 Å². The standard InChI is InChI=1S/C13H14N2O3/c1-18-11-5-4-8(10(7-14)13(16)17)9-3-2-6-15-12(9)11/h2-6,10H,7,14H2,1H3,(H,16,17). The molecule has 0 spiro atoms. The molecule has 1 heterocycles. The average molecular weight is 246 g/mol. The summed E-state index contributed by atoms with van der Waals surface area (Å²) in [5.74, 6) is -1.05. The van der Waals surface area contributed by atoms with Crippen LogP contribution in [0.1, 0.15) is 11.5 Å². The summed E-state index contributed by atoms with van der Waals surface area (Å²) >= 11 is 0. The van der Waals surface area contributed by atoms with E-state index in [1.807, 2.05) is 6.07 Å². The lowest BCUT2D eigenvalue weighted by atomic mass is 9.95. The van der Waals surface area contributed by atoms with Crippen LogP contribution in [0.15, 0.2) is 30.5 Å². The van der Waals surface area contributed by atoms with Crippen LogP contribution in [0.4, 0.5) is 0 Å². The van der Waals surface area contributed by atoms with E-state index in [4.69, 9.17) is 10.5 Å². The molecule has 0 fully saturated rings. The Morgan fingerprint density at radius 1 is 1.50 bits per heavy atom. The molecule has 0 aliphatic carbocycles. The molecule has 0 bridgehead atoms. The van der Waals surface area contributed by atoms with E-state index in [1.54, 1.807) is 31.5 Å². The zero-order valence-electron chi connectivity index (χ0n) is 9.96. The van der Waals surface area contributed by atoms with Crippen LogP contribution in [-0.2, 0) is 4.79 Å².